The van der Waals surface area contributed by atoms with Gasteiger partial charge in [-0.15, -0.1) is 0 Å². The van der Waals surface area contributed by atoms with Gasteiger partial charge < -0.3 is 9.52 Å². The number of thioether (sulfide) groups is 1. The zero-order chi connectivity index (χ0) is 16.7. The van der Waals surface area contributed by atoms with Crippen molar-refractivity contribution in [2.45, 2.75) is 0 Å². The van der Waals surface area contributed by atoms with Crippen LogP contribution in [0.15, 0.2) is 46.1 Å². The van der Waals surface area contributed by atoms with E-state index in [0.29, 0.717) is 16.9 Å². The van der Waals surface area contributed by atoms with E-state index in [2.05, 4.69) is 15.3 Å². The third-order valence-electron chi connectivity index (χ3n) is 3.42. The van der Waals surface area contributed by atoms with Crippen molar-refractivity contribution in [2.24, 2.45) is 0 Å². The number of fused-ring (bicyclic) bond motifs is 1. The number of nitrogens with zero attached hydrogens (tertiary/aromatic N) is 2. The van der Waals surface area contributed by atoms with Gasteiger partial charge in [-0.3, -0.25) is 19.9 Å². The first-order chi connectivity index (χ1) is 11.6. The van der Waals surface area contributed by atoms with Crippen LogP contribution in [0, 0.1) is 0 Å². The molecule has 1 fully saturated rings. The Morgan fingerprint density at radius 1 is 1.21 bits per heavy atom. The molecule has 1 aliphatic heterocycles. The van der Waals surface area contributed by atoms with Crippen LogP contribution in [0.1, 0.15) is 5.76 Å². The van der Waals surface area contributed by atoms with Gasteiger partial charge in [-0.25, -0.2) is 4.98 Å². The standard InChI is InChI=1S/C16H9N3O4S/c20-13-2-1-8(6-18-13)11-7-17-5-9-3-10(23-14(9)11)4-12-15(21)19-16(22)24-12/h1-7H,(H,18,20)(H,19,21,22)/b12-4-. The van der Waals surface area contributed by atoms with Crippen LogP contribution in [0.4, 0.5) is 4.79 Å². The van der Waals surface area contributed by atoms with Crippen LogP contribution in [-0.2, 0) is 4.79 Å². The number of pyridine rings is 2. The minimum absolute atomic E-state index is 0.0716. The van der Waals surface area contributed by atoms with Gasteiger partial charge in [0.05, 0.1) is 4.91 Å². The average molecular weight is 339 g/mol. The average Bonchev–Trinajstić information content (AvgIpc) is 3.10. The van der Waals surface area contributed by atoms with E-state index in [-0.39, 0.29) is 10.8 Å². The van der Waals surface area contributed by atoms with Gasteiger partial charge >= 0.3 is 0 Å². The number of aromatic hydroxyl groups is 1. The Bertz CT molecular complexity index is 1010. The van der Waals surface area contributed by atoms with Crippen LogP contribution in [-0.4, -0.2) is 26.2 Å². The zero-order valence-electron chi connectivity index (χ0n) is 12.0. The molecule has 0 atom stereocenters. The van der Waals surface area contributed by atoms with Crippen LogP contribution in [0.2, 0.25) is 0 Å². The molecular formula is C16H9N3O4S. The van der Waals surface area contributed by atoms with Crippen LogP contribution in [0.25, 0.3) is 28.2 Å². The number of imide groups is 1. The molecule has 0 spiro atoms. The van der Waals surface area contributed by atoms with Crippen molar-refractivity contribution in [1.82, 2.24) is 15.3 Å². The third kappa shape index (κ3) is 2.52. The summed E-state index contributed by atoms with van der Waals surface area (Å²) in [6, 6.07) is 4.92. The van der Waals surface area contributed by atoms with Crippen LogP contribution < -0.4 is 5.32 Å². The summed E-state index contributed by atoms with van der Waals surface area (Å²) in [4.78, 5) is 31.1. The lowest BCUT2D eigenvalue weighted by Crippen LogP contribution is -2.17. The lowest BCUT2D eigenvalue weighted by Gasteiger charge is -2.01. The molecule has 2 amide bonds. The van der Waals surface area contributed by atoms with Gasteiger partial charge in [0.2, 0.25) is 5.88 Å². The van der Waals surface area contributed by atoms with E-state index >= 15 is 0 Å². The number of carbonyl (C=O) groups excluding carboxylic acids is 2. The summed E-state index contributed by atoms with van der Waals surface area (Å²) in [6.07, 6.45) is 6.32. The molecule has 8 heteroatoms. The predicted molar refractivity (Wildman–Crippen MR) is 88.0 cm³/mol. The van der Waals surface area contributed by atoms with E-state index in [1.807, 2.05) is 0 Å². The molecule has 4 heterocycles. The van der Waals surface area contributed by atoms with Crippen molar-refractivity contribution in [3.8, 4) is 17.0 Å². The molecule has 2 N–H and O–H groups in total. The molecule has 3 aromatic heterocycles. The molecule has 0 saturated carbocycles. The molecule has 118 valence electrons. The van der Waals surface area contributed by atoms with Crippen molar-refractivity contribution >= 4 is 40.0 Å². The summed E-state index contributed by atoms with van der Waals surface area (Å²) in [6.45, 7) is 0. The molecule has 0 radical (unpaired) electrons. The number of hydrogen-bond donors (Lipinski definition) is 2. The normalized spacial score (nSPS) is 16.1. The monoisotopic (exact) mass is 339 g/mol. The van der Waals surface area contributed by atoms with Crippen LogP contribution in [0.5, 0.6) is 5.88 Å². The number of rotatable bonds is 2. The molecule has 0 bridgehead atoms. The molecule has 24 heavy (non-hydrogen) atoms. The molecule has 0 aromatic carbocycles. The van der Waals surface area contributed by atoms with E-state index in [0.717, 1.165) is 22.7 Å². The van der Waals surface area contributed by atoms with Crippen LogP contribution in [0.3, 0.4) is 0 Å². The van der Waals surface area contributed by atoms with Gasteiger partial charge in [0.15, 0.2) is 0 Å². The maximum atomic E-state index is 11.6. The van der Waals surface area contributed by atoms with Crippen LogP contribution >= 0.6 is 11.8 Å². The second-order valence-corrected chi connectivity index (χ2v) is 6.03. The first-order valence-electron chi connectivity index (χ1n) is 6.88. The maximum Gasteiger partial charge on any atom is 0.290 e. The van der Waals surface area contributed by atoms with Gasteiger partial charge in [-0.05, 0) is 23.9 Å². The van der Waals surface area contributed by atoms with Gasteiger partial charge in [0.1, 0.15) is 11.3 Å². The van der Waals surface area contributed by atoms with Crippen molar-refractivity contribution in [1.29, 1.82) is 0 Å². The highest BCUT2D eigenvalue weighted by Crippen LogP contribution is 2.32. The fraction of sp³-hybridized carbons (Fsp3) is 0. The van der Waals surface area contributed by atoms with Crippen molar-refractivity contribution in [2.75, 3.05) is 0 Å². The molecule has 1 saturated heterocycles. The smallest absolute Gasteiger partial charge is 0.290 e. The lowest BCUT2D eigenvalue weighted by atomic mass is 10.1. The van der Waals surface area contributed by atoms with E-state index in [4.69, 9.17) is 4.42 Å². The molecule has 7 nitrogen and oxygen atoms in total. The summed E-state index contributed by atoms with van der Waals surface area (Å²) < 4.78 is 5.82. The Morgan fingerprint density at radius 3 is 2.79 bits per heavy atom. The zero-order valence-corrected chi connectivity index (χ0v) is 12.8. The number of furan rings is 1. The Hall–Kier alpha value is -3.13. The minimum atomic E-state index is -0.438. The first-order valence-corrected chi connectivity index (χ1v) is 7.69. The fourth-order valence-corrected chi connectivity index (χ4v) is 3.02. The van der Waals surface area contributed by atoms with Gasteiger partial charge in [0.25, 0.3) is 11.1 Å². The van der Waals surface area contributed by atoms with E-state index < -0.39 is 11.1 Å². The highest BCUT2D eigenvalue weighted by molar-refractivity contribution is 8.18. The molecule has 4 rings (SSSR count). The van der Waals surface area contributed by atoms with Gasteiger partial charge in [-0.2, -0.15) is 0 Å². The minimum Gasteiger partial charge on any atom is -0.493 e. The number of carbonyl (C=O) groups is 2. The number of hydrogen-bond acceptors (Lipinski definition) is 7. The number of amides is 2. The maximum absolute atomic E-state index is 11.6. The molecule has 0 unspecified atom stereocenters. The van der Waals surface area contributed by atoms with Crippen molar-refractivity contribution < 1.29 is 19.1 Å². The Kier molecular flexibility index (Phi) is 3.31. The summed E-state index contributed by atoms with van der Waals surface area (Å²) in [5, 5.41) is 11.8. The van der Waals surface area contributed by atoms with Crippen molar-refractivity contribution in [3.63, 3.8) is 0 Å². The summed E-state index contributed by atoms with van der Waals surface area (Å²) in [5.74, 6) is -0.0671. The van der Waals surface area contributed by atoms with E-state index in [9.17, 15) is 14.7 Å². The summed E-state index contributed by atoms with van der Waals surface area (Å²) in [7, 11) is 0. The SMILES string of the molecule is O=C1NC(=O)/C(=C/c2cc3cncc(-c4ccc(O)nc4)c3o2)S1. The molecule has 1 aliphatic rings. The summed E-state index contributed by atoms with van der Waals surface area (Å²) >= 11 is 0.829. The first kappa shape index (κ1) is 14.5. The van der Waals surface area contributed by atoms with E-state index in [1.54, 1.807) is 24.5 Å². The fourth-order valence-electron chi connectivity index (χ4n) is 2.35. The predicted octanol–water partition coefficient (Wildman–Crippen LogP) is 2.92. The number of aromatic nitrogens is 2. The van der Waals surface area contributed by atoms with Crippen molar-refractivity contribution in [3.05, 3.63) is 47.5 Å². The second-order valence-electron chi connectivity index (χ2n) is 5.01. The summed E-state index contributed by atoms with van der Waals surface area (Å²) in [5.41, 5.74) is 2.03. The molecule has 3 aromatic rings. The Balaban J connectivity index is 1.80. The van der Waals surface area contributed by atoms with Gasteiger partial charge in [-0.1, -0.05) is 0 Å². The Labute approximate surface area is 139 Å². The third-order valence-corrected chi connectivity index (χ3v) is 4.23. The molecule has 0 aliphatic carbocycles. The Morgan fingerprint density at radius 2 is 2.08 bits per heavy atom. The quantitative estimate of drug-likeness (QED) is 0.691. The number of nitrogens with one attached hydrogen (secondary N) is 1. The largest absolute Gasteiger partial charge is 0.493 e. The highest BCUT2D eigenvalue weighted by Gasteiger charge is 2.25. The van der Waals surface area contributed by atoms with Gasteiger partial charge in [0, 0.05) is 47.2 Å². The second kappa shape index (κ2) is 5.50. The molecular weight excluding hydrogens is 330 g/mol. The topological polar surface area (TPSA) is 105 Å². The highest BCUT2D eigenvalue weighted by atomic mass is 32.2. The lowest BCUT2D eigenvalue weighted by molar-refractivity contribution is -0.115. The van der Waals surface area contributed by atoms with E-state index in [1.165, 1.54) is 18.3 Å².